The Labute approximate surface area is 216 Å². The van der Waals surface area contributed by atoms with Gasteiger partial charge in [0.05, 0.1) is 11.3 Å². The topological polar surface area (TPSA) is 65.2 Å². The molecule has 0 atom stereocenters. The van der Waals surface area contributed by atoms with Crippen molar-refractivity contribution in [1.29, 1.82) is 0 Å². The summed E-state index contributed by atoms with van der Waals surface area (Å²) in [4.78, 5) is 30.2. The van der Waals surface area contributed by atoms with Crippen LogP contribution in [0.4, 0.5) is 23.2 Å². The first kappa shape index (κ1) is 30.4. The molecule has 0 aliphatic rings. The number of aromatic amines is 1. The lowest BCUT2D eigenvalue weighted by atomic mass is 9.97. The molecule has 1 aromatic heterocycles. The fourth-order valence-electron chi connectivity index (χ4n) is 4.90. The van der Waals surface area contributed by atoms with Crippen LogP contribution in [0.25, 0.3) is 0 Å². The largest absolute Gasteiger partial charge is 0.416 e. The van der Waals surface area contributed by atoms with E-state index in [1.165, 1.54) is 6.92 Å². The number of aryl methyl sites for hydroxylation is 1. The minimum absolute atomic E-state index is 0.0452. The Hall–Kier alpha value is -2.84. The average molecular weight is 526 g/mol. The van der Waals surface area contributed by atoms with E-state index in [1.807, 2.05) is 32.6 Å². The lowest BCUT2D eigenvalue weighted by Gasteiger charge is -2.35. The predicted octanol–water partition coefficient (Wildman–Crippen LogP) is 6.83. The molecule has 0 saturated heterocycles. The van der Waals surface area contributed by atoms with Gasteiger partial charge in [0, 0.05) is 41.5 Å². The third kappa shape index (κ3) is 7.14. The Kier molecular flexibility index (Phi) is 10.8. The Balaban J connectivity index is 2.55. The van der Waals surface area contributed by atoms with Gasteiger partial charge < -0.3 is 15.2 Å². The molecule has 0 saturated carbocycles. The molecule has 1 amide bonds. The summed E-state index contributed by atoms with van der Waals surface area (Å²) >= 11 is 0. The molecule has 0 aliphatic carbocycles. The van der Waals surface area contributed by atoms with Crippen LogP contribution in [0.3, 0.4) is 0 Å². The molecule has 9 heteroatoms. The first-order chi connectivity index (χ1) is 17.4. The van der Waals surface area contributed by atoms with Crippen molar-refractivity contribution in [1.82, 2.24) is 10.3 Å². The van der Waals surface area contributed by atoms with Crippen LogP contribution in [0.2, 0.25) is 0 Å². The van der Waals surface area contributed by atoms with Gasteiger partial charge in [0.1, 0.15) is 5.82 Å². The number of carbonyl (C=O) groups is 1. The molecule has 2 aromatic rings. The summed E-state index contributed by atoms with van der Waals surface area (Å²) in [6.45, 7) is 11.1. The van der Waals surface area contributed by atoms with Gasteiger partial charge in [-0.15, -0.1) is 0 Å². The molecule has 0 unspecified atom stereocenters. The summed E-state index contributed by atoms with van der Waals surface area (Å²) in [5.41, 5.74) is -0.347. The molecule has 0 fully saturated rings. The number of pyridine rings is 1. The van der Waals surface area contributed by atoms with E-state index < -0.39 is 29.0 Å². The molecule has 0 spiro atoms. The van der Waals surface area contributed by atoms with Gasteiger partial charge in [0.15, 0.2) is 0 Å². The minimum atomic E-state index is -4.65. The number of hydrogen-bond acceptors (Lipinski definition) is 3. The SMILES string of the molecule is CCCc1c(F)c(C)[nH]c(=O)c1CNC(=O)c1cc(C(F)(F)F)cc(N(CC)C(CCC)CCC)c1C. The number of hydrogen-bond donors (Lipinski definition) is 2. The molecule has 2 N–H and O–H groups in total. The number of aromatic nitrogens is 1. The van der Waals surface area contributed by atoms with Crippen molar-refractivity contribution in [3.8, 4) is 0 Å². The second-order valence-electron chi connectivity index (χ2n) is 9.47. The highest BCUT2D eigenvalue weighted by atomic mass is 19.4. The maximum Gasteiger partial charge on any atom is 0.416 e. The van der Waals surface area contributed by atoms with Gasteiger partial charge >= 0.3 is 6.18 Å². The molecule has 5 nitrogen and oxygen atoms in total. The van der Waals surface area contributed by atoms with Gasteiger partial charge in [-0.2, -0.15) is 13.2 Å². The third-order valence-electron chi connectivity index (χ3n) is 6.75. The van der Waals surface area contributed by atoms with Crippen molar-refractivity contribution in [2.24, 2.45) is 0 Å². The second kappa shape index (κ2) is 13.1. The highest BCUT2D eigenvalue weighted by Gasteiger charge is 2.34. The number of rotatable bonds is 12. The number of nitrogens with one attached hydrogen (secondary N) is 2. The molecule has 206 valence electrons. The first-order valence-corrected chi connectivity index (χ1v) is 13.1. The van der Waals surface area contributed by atoms with E-state index in [2.05, 4.69) is 10.3 Å². The molecule has 0 bridgehead atoms. The second-order valence-corrected chi connectivity index (χ2v) is 9.47. The summed E-state index contributed by atoms with van der Waals surface area (Å²) in [7, 11) is 0. The molecule has 1 aromatic carbocycles. The van der Waals surface area contributed by atoms with Crippen molar-refractivity contribution in [3.63, 3.8) is 0 Å². The predicted molar refractivity (Wildman–Crippen MR) is 140 cm³/mol. The highest BCUT2D eigenvalue weighted by Crippen LogP contribution is 2.37. The Morgan fingerprint density at radius 3 is 2.16 bits per heavy atom. The summed E-state index contributed by atoms with van der Waals surface area (Å²) in [5, 5.41) is 2.57. The van der Waals surface area contributed by atoms with Gasteiger partial charge in [0.2, 0.25) is 0 Å². The zero-order chi connectivity index (χ0) is 27.9. The quantitative estimate of drug-likeness (QED) is 0.299. The number of carbonyl (C=O) groups excluding carboxylic acids is 1. The molecule has 0 radical (unpaired) electrons. The summed E-state index contributed by atoms with van der Waals surface area (Å²) in [6, 6.07) is 2.01. The Morgan fingerprint density at radius 1 is 1.03 bits per heavy atom. The molecule has 37 heavy (non-hydrogen) atoms. The maximum atomic E-state index is 14.7. The van der Waals surface area contributed by atoms with Crippen LogP contribution in [0.5, 0.6) is 0 Å². The van der Waals surface area contributed by atoms with Gasteiger partial charge in [-0.3, -0.25) is 9.59 Å². The first-order valence-electron chi connectivity index (χ1n) is 13.1. The zero-order valence-electron chi connectivity index (χ0n) is 22.7. The molecular formula is C28H39F4N3O2. The lowest BCUT2D eigenvalue weighted by Crippen LogP contribution is -2.36. The number of nitrogens with zero attached hydrogens (tertiary/aromatic N) is 1. The van der Waals surface area contributed by atoms with Crippen LogP contribution in [0, 0.1) is 19.7 Å². The van der Waals surface area contributed by atoms with Crippen molar-refractivity contribution < 1.29 is 22.4 Å². The van der Waals surface area contributed by atoms with Crippen LogP contribution >= 0.6 is 0 Å². The summed E-state index contributed by atoms with van der Waals surface area (Å²) < 4.78 is 56.4. The standard InChI is InChI=1S/C28H39F4N3O2/c1-7-11-20(12-8-2)35(10-4)24-15-19(28(30,31)32)14-22(17(24)5)26(36)33-16-23-21(13-9-3)25(29)18(6)34-27(23)37/h14-15,20H,7-13,16H2,1-6H3,(H,33,36)(H,34,37). The Bertz CT molecular complexity index is 1140. The minimum Gasteiger partial charge on any atom is -0.369 e. The summed E-state index contributed by atoms with van der Waals surface area (Å²) in [5.74, 6) is -1.29. The number of amides is 1. The zero-order valence-corrected chi connectivity index (χ0v) is 22.7. The van der Waals surface area contributed by atoms with E-state index >= 15 is 0 Å². The van der Waals surface area contributed by atoms with E-state index in [0.29, 0.717) is 30.6 Å². The highest BCUT2D eigenvalue weighted by molar-refractivity contribution is 5.97. The molecule has 2 rings (SSSR count). The third-order valence-corrected chi connectivity index (χ3v) is 6.75. The maximum absolute atomic E-state index is 14.7. The number of benzene rings is 1. The number of halogens is 4. The van der Waals surface area contributed by atoms with Crippen LogP contribution in [0.15, 0.2) is 16.9 Å². The molecular weight excluding hydrogens is 486 g/mol. The van der Waals surface area contributed by atoms with Gasteiger partial charge in [0.25, 0.3) is 11.5 Å². The average Bonchev–Trinajstić information content (AvgIpc) is 2.83. The molecule has 1 heterocycles. The number of H-pyrrole nitrogens is 1. The van der Waals surface area contributed by atoms with Crippen molar-refractivity contribution in [2.75, 3.05) is 11.4 Å². The van der Waals surface area contributed by atoms with Crippen LogP contribution in [0.1, 0.15) is 98.1 Å². The number of alkyl halides is 3. The van der Waals surface area contributed by atoms with Crippen molar-refractivity contribution in [2.45, 2.75) is 98.8 Å². The number of anilines is 1. The Morgan fingerprint density at radius 2 is 1.65 bits per heavy atom. The van der Waals surface area contributed by atoms with Crippen LogP contribution in [-0.4, -0.2) is 23.5 Å². The summed E-state index contributed by atoms with van der Waals surface area (Å²) in [6.07, 6.45) is -0.353. The van der Waals surface area contributed by atoms with Crippen LogP contribution < -0.4 is 15.8 Å². The fraction of sp³-hybridized carbons (Fsp3) is 0.571. The lowest BCUT2D eigenvalue weighted by molar-refractivity contribution is -0.137. The van der Waals surface area contributed by atoms with E-state index in [9.17, 15) is 27.2 Å². The smallest absolute Gasteiger partial charge is 0.369 e. The molecule has 0 aliphatic heterocycles. The van der Waals surface area contributed by atoms with E-state index in [0.717, 1.165) is 37.8 Å². The van der Waals surface area contributed by atoms with Crippen molar-refractivity contribution in [3.05, 3.63) is 61.8 Å². The van der Waals surface area contributed by atoms with Gasteiger partial charge in [-0.1, -0.05) is 40.0 Å². The van der Waals surface area contributed by atoms with Crippen molar-refractivity contribution >= 4 is 11.6 Å². The van der Waals surface area contributed by atoms with E-state index in [1.54, 1.807) is 6.92 Å². The van der Waals surface area contributed by atoms with Gasteiger partial charge in [-0.05, 0) is 57.7 Å². The van der Waals surface area contributed by atoms with E-state index in [4.69, 9.17) is 0 Å². The van der Waals surface area contributed by atoms with Gasteiger partial charge in [-0.25, -0.2) is 4.39 Å². The fourth-order valence-corrected chi connectivity index (χ4v) is 4.90. The van der Waals surface area contributed by atoms with E-state index in [-0.39, 0.29) is 35.0 Å². The monoisotopic (exact) mass is 525 g/mol. The normalized spacial score (nSPS) is 11.8. The van der Waals surface area contributed by atoms with Crippen LogP contribution in [-0.2, 0) is 19.1 Å².